The van der Waals surface area contributed by atoms with Crippen LogP contribution in [0.25, 0.3) is 11.1 Å². The van der Waals surface area contributed by atoms with E-state index in [0.29, 0.717) is 0 Å². The van der Waals surface area contributed by atoms with Gasteiger partial charge in [-0.2, -0.15) is 0 Å². The molecule has 0 spiro atoms. The fourth-order valence-corrected chi connectivity index (χ4v) is 5.33. The molecule has 0 saturated heterocycles. The zero-order valence-electron chi connectivity index (χ0n) is 20.4. The first-order chi connectivity index (χ1) is 16.8. The van der Waals surface area contributed by atoms with Crippen molar-refractivity contribution in [1.29, 1.82) is 0 Å². The summed E-state index contributed by atoms with van der Waals surface area (Å²) < 4.78 is 5.66. The van der Waals surface area contributed by atoms with Crippen LogP contribution in [0, 0.1) is 5.92 Å². The maximum Gasteiger partial charge on any atom is 0.407 e. The molecule has 0 heterocycles. The number of benzene rings is 2. The van der Waals surface area contributed by atoms with Crippen molar-refractivity contribution in [3.8, 4) is 11.1 Å². The first kappa shape index (κ1) is 24.8. The highest BCUT2D eigenvalue weighted by atomic mass is 16.5. The topological polar surface area (TPSA) is 95.9 Å². The van der Waals surface area contributed by atoms with Gasteiger partial charge >= 0.3 is 12.1 Å². The molecule has 1 unspecified atom stereocenters. The summed E-state index contributed by atoms with van der Waals surface area (Å²) in [6.07, 6.45) is 3.13. The molecule has 2 aliphatic rings. The lowest BCUT2D eigenvalue weighted by molar-refractivity contribution is -0.146. The predicted molar refractivity (Wildman–Crippen MR) is 133 cm³/mol. The van der Waals surface area contributed by atoms with Crippen LogP contribution in [0.2, 0.25) is 0 Å². The van der Waals surface area contributed by atoms with Crippen molar-refractivity contribution >= 4 is 18.0 Å². The van der Waals surface area contributed by atoms with Crippen LogP contribution in [0.15, 0.2) is 48.5 Å². The summed E-state index contributed by atoms with van der Waals surface area (Å²) in [5.74, 6) is -1.32. The predicted octanol–water partition coefficient (Wildman–Crippen LogP) is 4.80. The molecule has 0 bridgehead atoms. The van der Waals surface area contributed by atoms with E-state index in [1.165, 1.54) is 4.90 Å². The van der Waals surface area contributed by atoms with E-state index >= 15 is 0 Å². The van der Waals surface area contributed by atoms with E-state index in [0.717, 1.165) is 47.9 Å². The molecule has 2 amide bonds. The van der Waals surface area contributed by atoms with Crippen LogP contribution in [-0.2, 0) is 14.3 Å². The van der Waals surface area contributed by atoms with Crippen molar-refractivity contribution in [1.82, 2.24) is 10.2 Å². The van der Waals surface area contributed by atoms with E-state index < -0.39 is 18.1 Å². The van der Waals surface area contributed by atoms with Crippen molar-refractivity contribution in [3.63, 3.8) is 0 Å². The number of nitrogens with zero attached hydrogens (tertiary/aromatic N) is 1. The summed E-state index contributed by atoms with van der Waals surface area (Å²) in [4.78, 5) is 38.7. The third-order valence-electron chi connectivity index (χ3n) is 7.24. The van der Waals surface area contributed by atoms with Gasteiger partial charge in [-0.15, -0.1) is 0 Å². The maximum atomic E-state index is 13.1. The Labute approximate surface area is 206 Å². The lowest BCUT2D eigenvalue weighted by Gasteiger charge is -2.30. The van der Waals surface area contributed by atoms with Crippen molar-refractivity contribution in [2.45, 2.75) is 64.0 Å². The van der Waals surface area contributed by atoms with E-state index in [2.05, 4.69) is 29.6 Å². The second-order valence-corrected chi connectivity index (χ2v) is 9.88. The summed E-state index contributed by atoms with van der Waals surface area (Å²) in [5, 5.41) is 12.2. The second-order valence-electron chi connectivity index (χ2n) is 9.88. The molecule has 1 fully saturated rings. The van der Waals surface area contributed by atoms with E-state index in [1.807, 2.05) is 38.1 Å². The number of alkyl carbamates (subject to hydrolysis) is 1. The largest absolute Gasteiger partial charge is 0.480 e. The molecule has 2 aromatic carbocycles. The van der Waals surface area contributed by atoms with Gasteiger partial charge in [0.05, 0.1) is 0 Å². The average Bonchev–Trinajstić information content (AvgIpc) is 3.47. The number of rotatable bonds is 9. The molecule has 0 aliphatic heterocycles. The van der Waals surface area contributed by atoms with Crippen LogP contribution in [0.1, 0.15) is 63.0 Å². The average molecular weight is 479 g/mol. The Balaban J connectivity index is 1.39. The zero-order chi connectivity index (χ0) is 24.9. The van der Waals surface area contributed by atoms with Gasteiger partial charge in [-0.3, -0.25) is 9.59 Å². The molecule has 2 aliphatic carbocycles. The third-order valence-corrected chi connectivity index (χ3v) is 7.24. The summed E-state index contributed by atoms with van der Waals surface area (Å²) in [7, 11) is 0. The zero-order valence-corrected chi connectivity index (χ0v) is 20.4. The minimum absolute atomic E-state index is 0.0188. The molecule has 7 nitrogen and oxygen atoms in total. The molecule has 2 N–H and O–H groups in total. The summed E-state index contributed by atoms with van der Waals surface area (Å²) in [5.41, 5.74) is 4.59. The van der Waals surface area contributed by atoms with Gasteiger partial charge < -0.3 is 20.1 Å². The van der Waals surface area contributed by atoms with Gasteiger partial charge in [-0.1, -0.05) is 75.2 Å². The smallest absolute Gasteiger partial charge is 0.407 e. The first-order valence-corrected chi connectivity index (χ1v) is 12.5. The summed E-state index contributed by atoms with van der Waals surface area (Å²) >= 11 is 0. The molecule has 2 aromatic rings. The maximum absolute atomic E-state index is 13.1. The van der Waals surface area contributed by atoms with E-state index in [4.69, 9.17) is 4.74 Å². The van der Waals surface area contributed by atoms with Crippen molar-refractivity contribution in [2.24, 2.45) is 5.92 Å². The second kappa shape index (κ2) is 10.9. The normalized spacial score (nSPS) is 16.0. The van der Waals surface area contributed by atoms with E-state index in [9.17, 15) is 19.5 Å². The molecule has 0 radical (unpaired) electrons. The van der Waals surface area contributed by atoms with Crippen molar-refractivity contribution in [2.75, 3.05) is 13.2 Å². The van der Waals surface area contributed by atoms with E-state index in [1.54, 1.807) is 0 Å². The lowest BCUT2D eigenvalue weighted by Crippen LogP contribution is -2.47. The quantitative estimate of drug-likeness (QED) is 0.540. The highest BCUT2D eigenvalue weighted by molar-refractivity contribution is 5.83. The molecule has 1 atom stereocenters. The Kier molecular flexibility index (Phi) is 7.73. The van der Waals surface area contributed by atoms with E-state index in [-0.39, 0.29) is 43.4 Å². The number of hydrogen-bond acceptors (Lipinski definition) is 4. The number of carbonyl (C=O) groups is 3. The Morgan fingerprint density at radius 3 is 2.11 bits per heavy atom. The molecular formula is C28H34N2O5. The van der Waals surface area contributed by atoms with Gasteiger partial charge in [-0.05, 0) is 41.0 Å². The Morgan fingerprint density at radius 1 is 1.00 bits per heavy atom. The monoisotopic (exact) mass is 478 g/mol. The standard InChI is InChI=1S/C28H34N2O5/c1-18(2)25(15-26(31)30(16-27(32)33)19-9-3-4-10-19)29-28(34)35-17-24-22-13-7-5-11-20(22)21-12-6-8-14-23(21)24/h5-8,11-14,18-19,24-25H,3-4,9-10,15-17H2,1-2H3,(H,29,34)(H,32,33). The number of hydrogen-bond donors (Lipinski definition) is 2. The number of amides is 2. The highest BCUT2D eigenvalue weighted by Gasteiger charge is 2.32. The third kappa shape index (κ3) is 5.66. The number of carbonyl (C=O) groups excluding carboxylic acids is 2. The molecule has 35 heavy (non-hydrogen) atoms. The van der Waals surface area contributed by atoms with Gasteiger partial charge in [-0.25, -0.2) is 4.79 Å². The summed E-state index contributed by atoms with van der Waals surface area (Å²) in [6.45, 7) is 3.75. The minimum atomic E-state index is -1.02. The van der Waals surface area contributed by atoms with Crippen LogP contribution >= 0.6 is 0 Å². The van der Waals surface area contributed by atoms with Gasteiger partial charge in [0.1, 0.15) is 13.2 Å². The van der Waals surface area contributed by atoms with Gasteiger partial charge in [0.25, 0.3) is 0 Å². The molecule has 0 aromatic heterocycles. The van der Waals surface area contributed by atoms with Gasteiger partial charge in [0, 0.05) is 24.4 Å². The van der Waals surface area contributed by atoms with Gasteiger partial charge in [0.15, 0.2) is 0 Å². The molecule has 4 rings (SSSR count). The number of ether oxygens (including phenoxy) is 1. The molecule has 7 heteroatoms. The number of nitrogens with one attached hydrogen (secondary N) is 1. The van der Waals surface area contributed by atoms with Crippen LogP contribution < -0.4 is 5.32 Å². The number of carboxylic acid groups (broad SMARTS) is 1. The van der Waals surface area contributed by atoms with Crippen molar-refractivity contribution in [3.05, 3.63) is 59.7 Å². The lowest BCUT2D eigenvalue weighted by atomic mass is 9.98. The van der Waals surface area contributed by atoms with Crippen LogP contribution in [0.4, 0.5) is 4.79 Å². The fourth-order valence-electron chi connectivity index (χ4n) is 5.33. The van der Waals surface area contributed by atoms with Gasteiger partial charge in [0.2, 0.25) is 5.91 Å². The number of fused-ring (bicyclic) bond motifs is 3. The summed E-state index contributed by atoms with van der Waals surface area (Å²) in [6, 6.07) is 15.8. The van der Waals surface area contributed by atoms with Crippen LogP contribution in [-0.4, -0.2) is 53.2 Å². The molecule has 1 saturated carbocycles. The first-order valence-electron chi connectivity index (χ1n) is 12.5. The Hall–Kier alpha value is -3.35. The van der Waals surface area contributed by atoms with Crippen molar-refractivity contribution < 1.29 is 24.2 Å². The highest BCUT2D eigenvalue weighted by Crippen LogP contribution is 2.44. The minimum Gasteiger partial charge on any atom is -0.480 e. The van der Waals surface area contributed by atoms with Crippen LogP contribution in [0.3, 0.4) is 0 Å². The Bertz CT molecular complexity index is 1030. The molecular weight excluding hydrogens is 444 g/mol. The molecule has 186 valence electrons. The van der Waals surface area contributed by atoms with Crippen LogP contribution in [0.5, 0.6) is 0 Å². The Morgan fingerprint density at radius 2 is 1.57 bits per heavy atom. The fraction of sp³-hybridized carbons (Fsp3) is 0.464. The number of aliphatic carboxylic acids is 1. The number of carboxylic acids is 1. The SMILES string of the molecule is CC(C)C(CC(=O)N(CC(=O)O)C1CCCC1)NC(=O)OCC1c2ccccc2-c2ccccc21.